The molecule has 3 heterocycles. The summed E-state index contributed by atoms with van der Waals surface area (Å²) in [5, 5.41) is 4.01. The van der Waals surface area contributed by atoms with E-state index in [-0.39, 0.29) is 12.1 Å². The second-order valence-electron chi connectivity index (χ2n) is 9.62. The minimum absolute atomic E-state index is 0.238. The average Bonchev–Trinajstić information content (AvgIpc) is 3.43. The van der Waals surface area contributed by atoms with Crippen LogP contribution < -0.4 is 24.4 Å². The number of rotatable bonds is 8. The Hall–Kier alpha value is -4.09. The van der Waals surface area contributed by atoms with Gasteiger partial charge in [-0.1, -0.05) is 6.07 Å². The summed E-state index contributed by atoms with van der Waals surface area (Å²) >= 11 is 5.89. The Labute approximate surface area is 239 Å². The van der Waals surface area contributed by atoms with Crippen molar-refractivity contribution < 1.29 is 17.9 Å². The number of methoxy groups -OCH3 is 2. The summed E-state index contributed by atoms with van der Waals surface area (Å²) in [5.74, 6) is 1.18. The molecular formula is C29H31N5O4S2. The number of hydrogen-bond donors (Lipinski definition) is 2. The molecule has 4 aromatic rings. The van der Waals surface area contributed by atoms with E-state index in [2.05, 4.69) is 39.5 Å². The molecule has 11 heteroatoms. The van der Waals surface area contributed by atoms with E-state index in [1.807, 2.05) is 53.4 Å². The number of nitrogens with one attached hydrogen (secondary N) is 2. The minimum atomic E-state index is -3.49. The lowest BCUT2D eigenvalue weighted by Gasteiger charge is -2.29. The highest BCUT2D eigenvalue weighted by Crippen LogP contribution is 2.45. The van der Waals surface area contributed by atoms with E-state index in [0.717, 1.165) is 46.0 Å². The standard InChI is InChI=1S/C29H31N5O4S2/c1-18-16-23(19(2)33(18)20-9-12-22(37-3)13-10-20)28-27(25-8-6-7-15-30-25)31-29(39)34(28)21-11-14-24(26(17-21)38-4)32-40(5,35)36/h6-17,27-28,32H,1-5H3,(H,31,39)/t27-,28+/m0/s1. The van der Waals surface area contributed by atoms with Gasteiger partial charge in [0.2, 0.25) is 10.0 Å². The lowest BCUT2D eigenvalue weighted by atomic mass is 9.96. The van der Waals surface area contributed by atoms with Gasteiger partial charge in [-0.15, -0.1) is 0 Å². The maximum Gasteiger partial charge on any atom is 0.229 e. The van der Waals surface area contributed by atoms with Crippen molar-refractivity contribution in [3.05, 3.63) is 95.6 Å². The highest BCUT2D eigenvalue weighted by atomic mass is 32.2. The Morgan fingerprint density at radius 1 is 0.975 bits per heavy atom. The van der Waals surface area contributed by atoms with Crippen LogP contribution in [-0.4, -0.2) is 43.6 Å². The van der Waals surface area contributed by atoms with Crippen molar-refractivity contribution in [2.75, 3.05) is 30.1 Å². The number of anilines is 2. The molecule has 208 valence electrons. The van der Waals surface area contributed by atoms with Crippen LogP contribution in [0.15, 0.2) is 72.9 Å². The van der Waals surface area contributed by atoms with Crippen LogP contribution in [-0.2, 0) is 10.0 Å². The highest BCUT2D eigenvalue weighted by Gasteiger charge is 2.42. The van der Waals surface area contributed by atoms with E-state index in [0.29, 0.717) is 16.5 Å². The predicted molar refractivity (Wildman–Crippen MR) is 161 cm³/mol. The zero-order chi connectivity index (χ0) is 28.6. The Balaban J connectivity index is 1.65. The first kappa shape index (κ1) is 27.5. The molecular weight excluding hydrogens is 546 g/mol. The molecule has 0 amide bonds. The smallest absolute Gasteiger partial charge is 0.229 e. The monoisotopic (exact) mass is 577 g/mol. The first-order valence-electron chi connectivity index (χ1n) is 12.6. The van der Waals surface area contributed by atoms with Crippen LogP contribution in [0.3, 0.4) is 0 Å². The van der Waals surface area contributed by atoms with E-state index in [4.69, 9.17) is 21.7 Å². The van der Waals surface area contributed by atoms with Crippen LogP contribution in [0.4, 0.5) is 11.4 Å². The molecule has 5 rings (SSSR count). The molecule has 1 fully saturated rings. The molecule has 0 aliphatic carbocycles. The number of benzene rings is 2. The molecule has 0 unspecified atom stereocenters. The van der Waals surface area contributed by atoms with Crippen LogP contribution in [0.25, 0.3) is 5.69 Å². The molecule has 2 aromatic carbocycles. The first-order chi connectivity index (χ1) is 19.1. The Morgan fingerprint density at radius 2 is 1.70 bits per heavy atom. The Kier molecular flexibility index (Phi) is 7.43. The fraction of sp³-hybridized carbons (Fsp3) is 0.241. The molecule has 0 saturated carbocycles. The van der Waals surface area contributed by atoms with Crippen LogP contribution in [0.5, 0.6) is 11.5 Å². The van der Waals surface area contributed by atoms with Gasteiger partial charge in [0.05, 0.1) is 43.9 Å². The minimum Gasteiger partial charge on any atom is -0.497 e. The lowest BCUT2D eigenvalue weighted by molar-refractivity contribution is 0.414. The van der Waals surface area contributed by atoms with E-state index < -0.39 is 10.0 Å². The number of hydrogen-bond acceptors (Lipinski definition) is 6. The molecule has 9 nitrogen and oxygen atoms in total. The maximum atomic E-state index is 11.9. The van der Waals surface area contributed by atoms with Crippen LogP contribution in [0.2, 0.25) is 0 Å². The summed E-state index contributed by atoms with van der Waals surface area (Å²) in [6.07, 6.45) is 2.88. The zero-order valence-electron chi connectivity index (χ0n) is 22.9. The largest absolute Gasteiger partial charge is 0.497 e. The van der Waals surface area contributed by atoms with Crippen molar-refractivity contribution in [1.82, 2.24) is 14.9 Å². The molecule has 1 aliphatic heterocycles. The van der Waals surface area contributed by atoms with E-state index in [1.165, 1.54) is 7.11 Å². The van der Waals surface area contributed by atoms with Crippen molar-refractivity contribution >= 4 is 38.7 Å². The van der Waals surface area contributed by atoms with Gasteiger partial charge in [0.15, 0.2) is 5.11 Å². The second-order valence-corrected chi connectivity index (χ2v) is 11.8. The number of nitrogens with zero attached hydrogens (tertiary/aromatic N) is 3. The van der Waals surface area contributed by atoms with Crippen molar-refractivity contribution in [2.45, 2.75) is 25.9 Å². The second kappa shape index (κ2) is 10.8. The van der Waals surface area contributed by atoms with Crippen molar-refractivity contribution in [3.8, 4) is 17.2 Å². The Morgan fingerprint density at radius 3 is 2.33 bits per heavy atom. The van der Waals surface area contributed by atoms with Gasteiger partial charge in [0.25, 0.3) is 0 Å². The molecule has 0 radical (unpaired) electrons. The van der Waals surface area contributed by atoms with Crippen LogP contribution >= 0.6 is 12.2 Å². The number of aromatic nitrogens is 2. The molecule has 2 N–H and O–H groups in total. The van der Waals surface area contributed by atoms with Crippen molar-refractivity contribution in [3.63, 3.8) is 0 Å². The number of aryl methyl sites for hydroxylation is 1. The van der Waals surface area contributed by atoms with Gasteiger partial charge in [-0.05, 0) is 86.2 Å². The summed E-state index contributed by atoms with van der Waals surface area (Å²) in [7, 11) is -0.333. The molecule has 2 atom stereocenters. The number of pyridine rings is 1. The highest BCUT2D eigenvalue weighted by molar-refractivity contribution is 7.92. The maximum absolute atomic E-state index is 11.9. The van der Waals surface area contributed by atoms with E-state index in [1.54, 1.807) is 25.4 Å². The van der Waals surface area contributed by atoms with Crippen LogP contribution in [0.1, 0.15) is 34.7 Å². The van der Waals surface area contributed by atoms with Crippen molar-refractivity contribution in [2.24, 2.45) is 0 Å². The fourth-order valence-electron chi connectivity index (χ4n) is 5.28. The molecule has 1 aliphatic rings. The summed E-state index contributed by atoms with van der Waals surface area (Å²) in [6.45, 7) is 4.18. The van der Waals surface area contributed by atoms with Crippen molar-refractivity contribution in [1.29, 1.82) is 0 Å². The number of thiocarbonyl (C=S) groups is 1. The summed E-state index contributed by atoms with van der Waals surface area (Å²) < 4.78 is 39.4. The lowest BCUT2D eigenvalue weighted by Crippen LogP contribution is -2.29. The van der Waals surface area contributed by atoms with Gasteiger partial charge >= 0.3 is 0 Å². The van der Waals surface area contributed by atoms with E-state index in [9.17, 15) is 8.42 Å². The third-order valence-corrected chi connectivity index (χ3v) is 7.88. The molecule has 1 saturated heterocycles. The third-order valence-electron chi connectivity index (χ3n) is 6.98. The van der Waals surface area contributed by atoms with Gasteiger partial charge in [-0.25, -0.2) is 8.42 Å². The Bertz CT molecular complexity index is 1650. The average molecular weight is 578 g/mol. The topological polar surface area (TPSA) is 97.7 Å². The summed E-state index contributed by atoms with van der Waals surface area (Å²) in [5.41, 5.74) is 6.19. The molecule has 0 bridgehead atoms. The van der Waals surface area contributed by atoms with Gasteiger partial charge in [0, 0.05) is 35.0 Å². The van der Waals surface area contributed by atoms with Gasteiger partial charge in [-0.3, -0.25) is 9.71 Å². The summed E-state index contributed by atoms with van der Waals surface area (Å²) in [4.78, 5) is 6.70. The summed E-state index contributed by atoms with van der Waals surface area (Å²) in [6, 6.07) is 20.8. The first-order valence-corrected chi connectivity index (χ1v) is 14.9. The van der Waals surface area contributed by atoms with Gasteiger partial charge in [0.1, 0.15) is 11.5 Å². The zero-order valence-corrected chi connectivity index (χ0v) is 24.5. The molecule has 0 spiro atoms. The fourth-order valence-corrected chi connectivity index (χ4v) is 6.19. The third kappa shape index (κ3) is 5.22. The predicted octanol–water partition coefficient (Wildman–Crippen LogP) is 5.05. The molecule has 40 heavy (non-hydrogen) atoms. The number of sulfonamides is 1. The van der Waals surface area contributed by atoms with Gasteiger partial charge < -0.3 is 24.3 Å². The van der Waals surface area contributed by atoms with Gasteiger partial charge in [-0.2, -0.15) is 0 Å². The normalized spacial score (nSPS) is 17.0. The quantitative estimate of drug-likeness (QED) is 0.281. The van der Waals surface area contributed by atoms with E-state index >= 15 is 0 Å². The SMILES string of the molecule is COc1ccc(-n2c(C)cc([C@@H]3[C@H](c4ccccn4)NC(=S)N3c3ccc(NS(C)(=O)=O)c(OC)c3)c2C)cc1. The van der Waals surface area contributed by atoms with Crippen LogP contribution in [0, 0.1) is 13.8 Å². The number of ether oxygens (including phenoxy) is 2. The molecule has 2 aromatic heterocycles.